The van der Waals surface area contributed by atoms with Crippen molar-refractivity contribution in [2.45, 2.75) is 12.8 Å². The summed E-state index contributed by atoms with van der Waals surface area (Å²) in [6.07, 6.45) is 6.70. The van der Waals surface area contributed by atoms with E-state index in [4.69, 9.17) is 30.8 Å². The highest BCUT2D eigenvalue weighted by Crippen LogP contribution is 2.49. The lowest BCUT2D eigenvalue weighted by molar-refractivity contribution is 0.392. The van der Waals surface area contributed by atoms with E-state index in [1.165, 1.54) is 0 Å². The summed E-state index contributed by atoms with van der Waals surface area (Å²) in [4.78, 5) is 13.6. The van der Waals surface area contributed by atoms with E-state index in [-0.39, 0.29) is 5.92 Å². The average Bonchev–Trinajstić information content (AvgIpc) is 3.63. The second-order valence-electron chi connectivity index (χ2n) is 8.15. The van der Waals surface area contributed by atoms with Gasteiger partial charge in [0.05, 0.1) is 34.7 Å². The van der Waals surface area contributed by atoms with E-state index in [0.29, 0.717) is 28.3 Å². The Kier molecular flexibility index (Phi) is 4.27. The van der Waals surface area contributed by atoms with Crippen molar-refractivity contribution in [1.82, 2.24) is 34.3 Å². The topological polar surface area (TPSA) is 96.2 Å². The Labute approximate surface area is 203 Å². The van der Waals surface area contributed by atoms with Gasteiger partial charge in [-0.2, -0.15) is 5.10 Å². The van der Waals surface area contributed by atoms with Gasteiger partial charge in [-0.15, -0.1) is 5.10 Å². The fourth-order valence-corrected chi connectivity index (χ4v) is 4.62. The Bertz CT molecular complexity index is 1690. The van der Waals surface area contributed by atoms with Crippen molar-refractivity contribution in [1.29, 1.82) is 0 Å². The molecule has 35 heavy (non-hydrogen) atoms. The van der Waals surface area contributed by atoms with Gasteiger partial charge in [0, 0.05) is 23.0 Å². The average molecular weight is 482 g/mol. The first-order chi connectivity index (χ1) is 17.2. The van der Waals surface area contributed by atoms with E-state index in [1.54, 1.807) is 34.2 Å². The van der Waals surface area contributed by atoms with Crippen LogP contribution in [0.3, 0.4) is 0 Å². The van der Waals surface area contributed by atoms with E-state index < -0.39 is 0 Å². The zero-order chi connectivity index (χ0) is 23.5. The van der Waals surface area contributed by atoms with Gasteiger partial charge in [-0.05, 0) is 55.5 Å². The van der Waals surface area contributed by atoms with E-state index in [1.807, 2.05) is 55.5 Å². The summed E-state index contributed by atoms with van der Waals surface area (Å²) < 4.78 is 15.7. The van der Waals surface area contributed by atoms with Crippen LogP contribution in [0.15, 0.2) is 77.9 Å². The van der Waals surface area contributed by atoms with Crippen molar-refractivity contribution in [2.24, 2.45) is 0 Å². The first kappa shape index (κ1) is 19.9. The molecule has 6 heterocycles. The van der Waals surface area contributed by atoms with Crippen molar-refractivity contribution in [3.05, 3.63) is 101 Å². The van der Waals surface area contributed by atoms with Crippen LogP contribution in [0.25, 0.3) is 22.7 Å². The number of halogens is 1. The third-order valence-corrected chi connectivity index (χ3v) is 6.29. The van der Waals surface area contributed by atoms with Gasteiger partial charge in [-0.1, -0.05) is 11.6 Å². The lowest BCUT2D eigenvalue weighted by atomic mass is 9.88. The molecule has 6 aromatic rings. The first-order valence-electron chi connectivity index (χ1n) is 10.9. The molecule has 1 aromatic carbocycles. The molecule has 5 aromatic heterocycles. The molecule has 0 saturated heterocycles. The zero-order valence-electron chi connectivity index (χ0n) is 18.3. The highest BCUT2D eigenvalue weighted by molar-refractivity contribution is 6.30. The predicted molar refractivity (Wildman–Crippen MR) is 127 cm³/mol. The summed E-state index contributed by atoms with van der Waals surface area (Å²) in [7, 11) is 0. The van der Waals surface area contributed by atoms with E-state index >= 15 is 0 Å². The molecule has 0 spiro atoms. The van der Waals surface area contributed by atoms with Crippen molar-refractivity contribution < 1.29 is 9.15 Å². The lowest BCUT2D eigenvalue weighted by Crippen LogP contribution is -2.15. The number of aryl methyl sites for hydroxylation is 1. The third kappa shape index (κ3) is 3.05. The number of hydrogen-bond donors (Lipinski definition) is 0. The van der Waals surface area contributed by atoms with Gasteiger partial charge in [0.2, 0.25) is 11.8 Å². The maximum atomic E-state index is 6.39. The van der Waals surface area contributed by atoms with Crippen LogP contribution in [0, 0.1) is 6.92 Å². The van der Waals surface area contributed by atoms with Crippen LogP contribution in [-0.2, 0) is 0 Å². The number of fused-ring (bicyclic) bond motifs is 4. The molecule has 0 N–H and O–H groups in total. The Balaban J connectivity index is 1.47. The summed E-state index contributed by atoms with van der Waals surface area (Å²) in [5.41, 5.74) is 4.70. The number of furan rings is 1. The van der Waals surface area contributed by atoms with Crippen molar-refractivity contribution in [2.75, 3.05) is 0 Å². The number of ether oxygens (including phenoxy) is 1. The van der Waals surface area contributed by atoms with Gasteiger partial charge < -0.3 is 9.15 Å². The molecule has 9 nitrogen and oxygen atoms in total. The van der Waals surface area contributed by atoms with Crippen molar-refractivity contribution in [3.63, 3.8) is 0 Å². The highest BCUT2D eigenvalue weighted by Gasteiger charge is 2.39. The van der Waals surface area contributed by atoms with Gasteiger partial charge in [-0.25, -0.2) is 19.2 Å². The van der Waals surface area contributed by atoms with E-state index in [2.05, 4.69) is 15.1 Å². The van der Waals surface area contributed by atoms with Crippen LogP contribution in [0.5, 0.6) is 11.8 Å². The third-order valence-electron chi connectivity index (χ3n) is 6.04. The second-order valence-corrected chi connectivity index (χ2v) is 8.59. The Morgan fingerprint density at radius 1 is 1.00 bits per heavy atom. The molecule has 1 aliphatic rings. The molecule has 1 unspecified atom stereocenters. The quantitative estimate of drug-likeness (QED) is 0.341. The minimum Gasteiger partial charge on any atom is -0.468 e. The minimum atomic E-state index is -0.341. The summed E-state index contributed by atoms with van der Waals surface area (Å²) >= 11 is 6.10. The predicted octanol–water partition coefficient (Wildman–Crippen LogP) is 5.21. The SMILES string of the molecule is Cc1nn(-c2ccc(Cl)cc2)c2c1C(c1ccco1)c1c(ncn3nc(-c4cccnc4)nc13)O2. The number of pyridine rings is 1. The van der Waals surface area contributed by atoms with Gasteiger partial charge in [0.15, 0.2) is 11.5 Å². The normalized spacial score (nSPS) is 14.5. The molecular formula is C25H16ClN7O2. The maximum Gasteiger partial charge on any atom is 0.230 e. The van der Waals surface area contributed by atoms with Gasteiger partial charge in [0.1, 0.15) is 12.1 Å². The largest absolute Gasteiger partial charge is 0.468 e. The molecule has 1 aliphatic heterocycles. The molecule has 10 heteroatoms. The van der Waals surface area contributed by atoms with Crippen LogP contribution in [-0.4, -0.2) is 34.3 Å². The number of rotatable bonds is 3. The number of hydrogen-bond acceptors (Lipinski definition) is 7. The van der Waals surface area contributed by atoms with Gasteiger partial charge in [0.25, 0.3) is 0 Å². The Morgan fingerprint density at radius 3 is 2.66 bits per heavy atom. The first-order valence-corrected chi connectivity index (χ1v) is 11.3. The van der Waals surface area contributed by atoms with Crippen LogP contribution < -0.4 is 4.74 Å². The molecule has 0 aliphatic carbocycles. The van der Waals surface area contributed by atoms with Crippen molar-refractivity contribution >= 4 is 17.2 Å². The van der Waals surface area contributed by atoms with Crippen molar-refractivity contribution in [3.8, 4) is 28.8 Å². The second kappa shape index (κ2) is 7.51. The minimum absolute atomic E-state index is 0.341. The zero-order valence-corrected chi connectivity index (χ0v) is 19.1. The summed E-state index contributed by atoms with van der Waals surface area (Å²) in [6.45, 7) is 1.95. The van der Waals surface area contributed by atoms with Gasteiger partial charge >= 0.3 is 0 Å². The monoisotopic (exact) mass is 481 g/mol. The van der Waals surface area contributed by atoms with Crippen LogP contribution >= 0.6 is 11.6 Å². The molecule has 0 amide bonds. The molecule has 170 valence electrons. The number of benzene rings is 1. The molecule has 0 saturated carbocycles. The van der Waals surface area contributed by atoms with Gasteiger partial charge in [-0.3, -0.25) is 4.98 Å². The fraction of sp³-hybridized carbons (Fsp3) is 0.0800. The standard InChI is InChI=1S/C25H16ClN7O2/c1-14-19-20(18-5-3-11-34-18)21-23-29-22(15-4-2-10-27-12-15)31-32(23)13-28-24(21)35-25(19)33(30-14)17-8-6-16(26)7-9-17/h2-13,20H,1H3. The lowest BCUT2D eigenvalue weighted by Gasteiger charge is -2.24. The summed E-state index contributed by atoms with van der Waals surface area (Å²) in [5, 5.41) is 10.1. The highest BCUT2D eigenvalue weighted by atomic mass is 35.5. The molecule has 7 rings (SSSR count). The summed E-state index contributed by atoms with van der Waals surface area (Å²) in [5.74, 6) is 1.93. The summed E-state index contributed by atoms with van der Waals surface area (Å²) in [6, 6.07) is 15.0. The van der Waals surface area contributed by atoms with Crippen LogP contribution in [0.1, 0.15) is 28.5 Å². The molecule has 0 bridgehead atoms. The van der Waals surface area contributed by atoms with E-state index in [9.17, 15) is 0 Å². The molecular weight excluding hydrogens is 466 g/mol. The Morgan fingerprint density at radius 2 is 1.89 bits per heavy atom. The number of aromatic nitrogens is 7. The van der Waals surface area contributed by atoms with Crippen LogP contribution in [0.2, 0.25) is 5.02 Å². The fourth-order valence-electron chi connectivity index (χ4n) is 4.49. The molecule has 1 atom stereocenters. The van der Waals surface area contributed by atoms with E-state index in [0.717, 1.165) is 33.8 Å². The molecule has 0 fully saturated rings. The maximum absolute atomic E-state index is 6.39. The number of nitrogens with zero attached hydrogens (tertiary/aromatic N) is 7. The molecule has 0 radical (unpaired) electrons. The smallest absolute Gasteiger partial charge is 0.230 e. The Hall–Kier alpha value is -4.50. The van der Waals surface area contributed by atoms with Crippen LogP contribution in [0.4, 0.5) is 0 Å².